The number of esters is 3. The predicted octanol–water partition coefficient (Wildman–Crippen LogP) is 11.7. The minimum atomic E-state index is -0.621. The number of aliphatic hydroxyl groups is 3. The molecule has 0 aliphatic carbocycles. The summed E-state index contributed by atoms with van der Waals surface area (Å²) in [5.74, 6) is 1.59. The number of hydrogen-bond acceptors (Lipinski definition) is 16. The molecule has 16 heteroatoms. The molecule has 16 nitrogen and oxygen atoms in total. The lowest BCUT2D eigenvalue weighted by Gasteiger charge is -2.20. The molecule has 78 heavy (non-hydrogen) atoms. The van der Waals surface area contributed by atoms with E-state index in [4.69, 9.17) is 37.9 Å². The number of aryl methyl sites for hydroxylation is 2. The number of aromatic hydroxyl groups is 2. The fraction of sp³-hybridized carbons (Fsp3) is 0.468. The summed E-state index contributed by atoms with van der Waals surface area (Å²) in [6.07, 6.45) is 2.45. The van der Waals surface area contributed by atoms with E-state index in [0.29, 0.717) is 71.7 Å². The van der Waals surface area contributed by atoms with E-state index >= 15 is 0 Å². The van der Waals surface area contributed by atoms with Gasteiger partial charge in [0.25, 0.3) is 0 Å². The number of carbonyl (C=O) groups excluding carboxylic acids is 3. The Hall–Kier alpha value is -6.69. The minimum absolute atomic E-state index is 0. The zero-order chi connectivity index (χ0) is 56.4. The van der Waals surface area contributed by atoms with E-state index in [-0.39, 0.29) is 77.9 Å². The molecule has 0 aliphatic rings. The van der Waals surface area contributed by atoms with Crippen LogP contribution in [0.15, 0.2) is 84.9 Å². The Morgan fingerprint density at radius 2 is 1.03 bits per heavy atom. The largest absolute Gasteiger partial charge is 0.507 e. The minimum Gasteiger partial charge on any atom is -0.507 e. The van der Waals surface area contributed by atoms with Crippen molar-refractivity contribution in [2.45, 2.75) is 149 Å². The monoisotopic (exact) mass is 1090 g/mol. The van der Waals surface area contributed by atoms with Crippen molar-refractivity contribution in [2.24, 2.45) is 11.3 Å². The lowest BCUT2D eigenvalue weighted by atomic mass is 9.91. The summed E-state index contributed by atoms with van der Waals surface area (Å²) in [5, 5.41) is 47.8. The summed E-state index contributed by atoms with van der Waals surface area (Å²) in [6, 6.07) is 25.7. The van der Waals surface area contributed by atoms with Crippen LogP contribution >= 0.6 is 0 Å². The number of ether oxygens (including phenoxy) is 8. The molecule has 432 valence electrons. The summed E-state index contributed by atoms with van der Waals surface area (Å²) in [7, 11) is 3.23. The second-order valence-electron chi connectivity index (χ2n) is 19.0. The number of rotatable bonds is 26. The Kier molecular flexibility index (Phi) is 31.7. The van der Waals surface area contributed by atoms with Crippen LogP contribution in [0.25, 0.3) is 0 Å². The lowest BCUT2D eigenvalue weighted by Crippen LogP contribution is -2.28. The third-order valence-corrected chi connectivity index (χ3v) is 12.5. The van der Waals surface area contributed by atoms with Gasteiger partial charge < -0.3 is 63.4 Å². The summed E-state index contributed by atoms with van der Waals surface area (Å²) in [5.41, 5.74) is 7.14. The SMILES string of the molecule is C.C.CCC(C)(C)C(=O)OCC(=O)OCCOc1c(COC)cc(C)cc1COC.CCC(C)C(=O)Oc1ccc(OCc2cc(C)cc(CO)c2O)cc1.CCC(C)c1ccc(OCc2cc(CO)c(O)c(CO)c2)cc1. The molecule has 0 saturated heterocycles. The standard InChI is InChI=1S/C21H32O7.C20H24O5.C19H24O4.2CH4/c1-7-21(3,4)20(23)28-14-18(22)26-8-9-27-19-16(12-24-5)10-15(2)11-17(19)13-25-6;1-4-14(3)20(23)25-18-7-5-17(6-8-18)24-12-16-10-13(2)9-15(11-21)19(16)22;1-3-13(2)15-4-6-18(7-5-15)23-12-14-8-16(10-20)19(22)17(9-14)11-21;;/h10-11H,7-9,12-14H2,1-6H3;5-10,14,21-22H,4,11-12H2,1-3H3;4-9,13,20-22H,3,10-12H2,1-2H3;2*1H4. The molecule has 0 spiro atoms. The van der Waals surface area contributed by atoms with Crippen molar-refractivity contribution < 1.29 is 77.8 Å². The van der Waals surface area contributed by atoms with Crippen molar-refractivity contribution in [3.05, 3.63) is 141 Å². The van der Waals surface area contributed by atoms with Gasteiger partial charge in [-0.15, -0.1) is 0 Å². The van der Waals surface area contributed by atoms with E-state index in [1.54, 1.807) is 70.5 Å². The normalized spacial score (nSPS) is 11.4. The highest BCUT2D eigenvalue weighted by Crippen LogP contribution is 2.30. The van der Waals surface area contributed by atoms with Crippen molar-refractivity contribution in [2.75, 3.05) is 34.0 Å². The van der Waals surface area contributed by atoms with Crippen molar-refractivity contribution in [1.29, 1.82) is 0 Å². The predicted molar refractivity (Wildman–Crippen MR) is 302 cm³/mol. The van der Waals surface area contributed by atoms with Gasteiger partial charge in [-0.3, -0.25) is 9.59 Å². The van der Waals surface area contributed by atoms with Crippen LogP contribution in [-0.4, -0.2) is 77.5 Å². The molecule has 0 saturated carbocycles. The first-order valence-corrected chi connectivity index (χ1v) is 25.5. The first kappa shape index (κ1) is 69.3. The van der Waals surface area contributed by atoms with E-state index in [1.165, 1.54) is 5.56 Å². The van der Waals surface area contributed by atoms with Crippen LogP contribution in [0.2, 0.25) is 0 Å². The second-order valence-corrected chi connectivity index (χ2v) is 19.0. The van der Waals surface area contributed by atoms with Crippen LogP contribution in [0, 0.1) is 25.2 Å². The van der Waals surface area contributed by atoms with E-state index < -0.39 is 24.0 Å². The van der Waals surface area contributed by atoms with E-state index in [9.17, 15) is 39.9 Å². The number of phenols is 2. The molecule has 0 fully saturated rings. The van der Waals surface area contributed by atoms with Crippen LogP contribution < -0.4 is 18.9 Å². The zero-order valence-corrected chi connectivity index (χ0v) is 46.2. The Morgan fingerprint density at radius 3 is 1.51 bits per heavy atom. The lowest BCUT2D eigenvalue weighted by molar-refractivity contribution is -0.164. The number of methoxy groups -OCH3 is 2. The maximum Gasteiger partial charge on any atom is 0.344 e. The summed E-state index contributed by atoms with van der Waals surface area (Å²) >= 11 is 0. The van der Waals surface area contributed by atoms with Crippen molar-refractivity contribution >= 4 is 17.9 Å². The molecule has 5 rings (SSSR count). The summed E-state index contributed by atoms with van der Waals surface area (Å²) in [6.45, 7) is 17.7. The maximum absolute atomic E-state index is 11.9. The van der Waals surface area contributed by atoms with Crippen LogP contribution in [0.5, 0.6) is 34.5 Å². The Bertz CT molecular complexity index is 2520. The Balaban J connectivity index is 0.000000580. The molecular formula is C62H88O16. The van der Waals surface area contributed by atoms with Gasteiger partial charge in [0.1, 0.15) is 60.9 Å². The molecule has 5 aromatic rings. The first-order chi connectivity index (χ1) is 36.3. The molecule has 2 unspecified atom stereocenters. The highest BCUT2D eigenvalue weighted by molar-refractivity contribution is 5.79. The van der Waals surface area contributed by atoms with Crippen LogP contribution in [0.3, 0.4) is 0 Å². The summed E-state index contributed by atoms with van der Waals surface area (Å²) in [4.78, 5) is 35.4. The van der Waals surface area contributed by atoms with Gasteiger partial charge in [-0.1, -0.05) is 90.9 Å². The molecule has 0 amide bonds. The molecule has 5 N–H and O–H groups in total. The fourth-order valence-electron chi connectivity index (χ4n) is 7.21. The van der Waals surface area contributed by atoms with Crippen molar-refractivity contribution in [3.63, 3.8) is 0 Å². The van der Waals surface area contributed by atoms with Crippen molar-refractivity contribution in [1.82, 2.24) is 0 Å². The van der Waals surface area contributed by atoms with E-state index in [0.717, 1.165) is 46.4 Å². The zero-order valence-electron chi connectivity index (χ0n) is 46.2. The number of carbonyl (C=O) groups is 3. The van der Waals surface area contributed by atoms with Gasteiger partial charge in [0, 0.05) is 47.6 Å². The molecule has 0 aromatic heterocycles. The second kappa shape index (κ2) is 35.7. The molecule has 5 aromatic carbocycles. The Labute approximate surface area is 463 Å². The van der Waals surface area contributed by atoms with Gasteiger partial charge >= 0.3 is 17.9 Å². The van der Waals surface area contributed by atoms with E-state index in [2.05, 4.69) is 26.0 Å². The highest BCUT2D eigenvalue weighted by Gasteiger charge is 2.28. The van der Waals surface area contributed by atoms with Gasteiger partial charge in [0.2, 0.25) is 0 Å². The average Bonchev–Trinajstić information content (AvgIpc) is 3.42. The smallest absolute Gasteiger partial charge is 0.344 e. The van der Waals surface area contributed by atoms with Gasteiger partial charge in [-0.25, -0.2) is 4.79 Å². The third-order valence-electron chi connectivity index (χ3n) is 12.5. The van der Waals surface area contributed by atoms with E-state index in [1.807, 2.05) is 65.0 Å². The Morgan fingerprint density at radius 1 is 0.564 bits per heavy atom. The molecular weight excluding hydrogens is 1000 g/mol. The van der Waals surface area contributed by atoms with Gasteiger partial charge in [-0.2, -0.15) is 0 Å². The molecule has 0 radical (unpaired) electrons. The maximum atomic E-state index is 11.9. The topological polar surface area (TPSA) is 226 Å². The number of benzene rings is 5. The molecule has 2 atom stereocenters. The van der Waals surface area contributed by atoms with Crippen LogP contribution in [0.1, 0.15) is 144 Å². The molecule has 0 aliphatic heterocycles. The number of aliphatic hydroxyl groups excluding tert-OH is 3. The first-order valence-electron chi connectivity index (χ1n) is 25.5. The van der Waals surface area contributed by atoms with Gasteiger partial charge in [-0.05, 0) is 119 Å². The van der Waals surface area contributed by atoms with Crippen molar-refractivity contribution in [3.8, 4) is 34.5 Å². The molecule has 0 heterocycles. The highest BCUT2D eigenvalue weighted by atomic mass is 16.6. The van der Waals surface area contributed by atoms with Crippen LogP contribution in [0.4, 0.5) is 0 Å². The fourth-order valence-corrected chi connectivity index (χ4v) is 7.21. The van der Waals surface area contributed by atoms with Crippen LogP contribution in [-0.2, 0) is 79.6 Å². The third kappa shape index (κ3) is 22.3. The van der Waals surface area contributed by atoms with Gasteiger partial charge in [0.05, 0.1) is 44.4 Å². The molecule has 0 bridgehead atoms. The quantitative estimate of drug-likeness (QED) is 0.0197. The average molecular weight is 1090 g/mol. The summed E-state index contributed by atoms with van der Waals surface area (Å²) < 4.78 is 43.1. The number of hydrogen-bond donors (Lipinski definition) is 5. The van der Waals surface area contributed by atoms with Gasteiger partial charge in [0.15, 0.2) is 6.61 Å².